The molecule has 2 fully saturated rings. The van der Waals surface area contributed by atoms with Crippen molar-refractivity contribution in [1.82, 2.24) is 19.5 Å². The first-order chi connectivity index (χ1) is 14.1. The molecule has 5 atom stereocenters. The van der Waals surface area contributed by atoms with Gasteiger partial charge in [0, 0.05) is 6.54 Å². The van der Waals surface area contributed by atoms with E-state index in [0.717, 1.165) is 17.2 Å². The lowest BCUT2D eigenvalue weighted by Gasteiger charge is -2.33. The Balaban J connectivity index is 1.82. The van der Waals surface area contributed by atoms with E-state index in [4.69, 9.17) is 10.5 Å². The second-order valence-electron chi connectivity index (χ2n) is 7.25. The summed E-state index contributed by atoms with van der Waals surface area (Å²) in [6, 6.07) is -0.649. The van der Waals surface area contributed by atoms with Gasteiger partial charge in [-0.15, -0.1) is 0 Å². The maximum atomic E-state index is 13.7. The van der Waals surface area contributed by atoms with Crippen molar-refractivity contribution in [2.24, 2.45) is 5.73 Å². The van der Waals surface area contributed by atoms with Gasteiger partial charge >= 0.3 is 6.18 Å². The molecule has 1 unspecified atom stereocenters. The molecule has 4 rings (SSSR count). The van der Waals surface area contributed by atoms with Crippen molar-refractivity contribution in [1.29, 1.82) is 0 Å². The molecule has 11 nitrogen and oxygen atoms in total. The second-order valence-corrected chi connectivity index (χ2v) is 7.25. The lowest BCUT2D eigenvalue weighted by molar-refractivity contribution is -0.303. The van der Waals surface area contributed by atoms with Gasteiger partial charge in [-0.1, -0.05) is 0 Å². The summed E-state index contributed by atoms with van der Waals surface area (Å²) in [7, 11) is 0. The minimum absolute atomic E-state index is 0.0701. The molecule has 2 aromatic heterocycles. The van der Waals surface area contributed by atoms with Crippen molar-refractivity contribution in [2.75, 3.05) is 18.1 Å². The van der Waals surface area contributed by atoms with Gasteiger partial charge in [0.1, 0.15) is 24.6 Å². The molecule has 0 aliphatic carbocycles. The Kier molecular flexibility index (Phi) is 4.84. The molecule has 0 spiro atoms. The number of rotatable bonds is 4. The van der Waals surface area contributed by atoms with E-state index in [-0.39, 0.29) is 17.0 Å². The molecule has 5 N–H and O–H groups in total. The Morgan fingerprint density at radius 2 is 2.10 bits per heavy atom. The van der Waals surface area contributed by atoms with Crippen LogP contribution in [0.1, 0.15) is 19.1 Å². The molecule has 2 aromatic rings. The summed E-state index contributed by atoms with van der Waals surface area (Å²) in [6.07, 6.45) is -8.39. The number of imidazole rings is 1. The number of fused-ring (bicyclic) bond motifs is 1. The molecule has 4 heterocycles. The zero-order chi connectivity index (χ0) is 21.8. The van der Waals surface area contributed by atoms with E-state index < -0.39 is 48.8 Å². The van der Waals surface area contributed by atoms with E-state index in [2.05, 4.69) is 15.0 Å². The van der Waals surface area contributed by atoms with Crippen molar-refractivity contribution in [3.63, 3.8) is 0 Å². The molecule has 2 aliphatic heterocycles. The number of halogens is 3. The zero-order valence-electron chi connectivity index (χ0n) is 15.4. The third kappa shape index (κ3) is 2.82. The molecule has 0 aromatic carbocycles. The van der Waals surface area contributed by atoms with Crippen LogP contribution >= 0.6 is 0 Å². The highest BCUT2D eigenvalue weighted by atomic mass is 19.4. The van der Waals surface area contributed by atoms with Crippen LogP contribution in [-0.2, 0) is 9.53 Å². The third-order valence-corrected chi connectivity index (χ3v) is 5.56. The van der Waals surface area contributed by atoms with Crippen LogP contribution in [0.5, 0.6) is 0 Å². The van der Waals surface area contributed by atoms with Gasteiger partial charge in [-0.25, -0.2) is 15.0 Å². The number of alkyl halides is 3. The number of hydrogen-bond acceptors (Lipinski definition) is 9. The largest absolute Gasteiger partial charge is 0.424 e. The van der Waals surface area contributed by atoms with Crippen LogP contribution in [0.4, 0.5) is 19.0 Å². The van der Waals surface area contributed by atoms with Gasteiger partial charge in [-0.2, -0.15) is 13.2 Å². The highest BCUT2D eigenvalue weighted by molar-refractivity contribution is 5.89. The zero-order valence-corrected chi connectivity index (χ0v) is 15.4. The summed E-state index contributed by atoms with van der Waals surface area (Å²) in [5.41, 5.74) is 1.66. The lowest BCUT2D eigenvalue weighted by Crippen LogP contribution is -2.57. The highest BCUT2D eigenvalue weighted by Gasteiger charge is 2.70. The van der Waals surface area contributed by atoms with Gasteiger partial charge < -0.3 is 30.7 Å². The van der Waals surface area contributed by atoms with Crippen LogP contribution in [-0.4, -0.2) is 83.9 Å². The average Bonchev–Trinajstić information content (AvgIpc) is 3.39. The maximum Gasteiger partial charge on any atom is 0.424 e. The first-order valence-corrected chi connectivity index (χ1v) is 9.08. The fourth-order valence-electron chi connectivity index (χ4n) is 4.04. The highest BCUT2D eigenvalue weighted by Crippen LogP contribution is 2.49. The van der Waals surface area contributed by atoms with Gasteiger partial charge in [-0.3, -0.25) is 9.36 Å². The molecule has 2 aliphatic rings. The number of hydrogen-bond donors (Lipinski definition) is 4. The number of aromatic nitrogens is 4. The Labute approximate surface area is 166 Å². The van der Waals surface area contributed by atoms with Crippen molar-refractivity contribution in [3.8, 4) is 0 Å². The number of anilines is 1. The Hall–Kier alpha value is -2.55. The molecular formula is C16H19F3N6O5. The summed E-state index contributed by atoms with van der Waals surface area (Å²) in [6.45, 7) is -0.513. The monoisotopic (exact) mass is 432 g/mol. The third-order valence-electron chi connectivity index (χ3n) is 5.56. The first-order valence-electron chi connectivity index (χ1n) is 9.08. The van der Waals surface area contributed by atoms with E-state index in [1.54, 1.807) is 4.90 Å². The van der Waals surface area contributed by atoms with Crippen molar-refractivity contribution in [2.45, 2.75) is 49.1 Å². The molecule has 164 valence electrons. The van der Waals surface area contributed by atoms with Crippen molar-refractivity contribution >= 4 is 22.9 Å². The Bertz CT molecular complexity index is 970. The van der Waals surface area contributed by atoms with E-state index in [1.807, 2.05) is 0 Å². The number of carbonyl (C=O) groups is 1. The van der Waals surface area contributed by atoms with Crippen LogP contribution in [0.25, 0.3) is 11.2 Å². The minimum atomic E-state index is -5.29. The number of amides is 1. The number of aliphatic hydroxyl groups is 3. The van der Waals surface area contributed by atoms with E-state index in [9.17, 15) is 33.3 Å². The average molecular weight is 432 g/mol. The van der Waals surface area contributed by atoms with E-state index in [1.165, 1.54) is 0 Å². The molecule has 0 radical (unpaired) electrons. The number of ether oxygens (including phenoxy) is 1. The molecule has 14 heteroatoms. The number of aliphatic hydroxyl groups excluding tert-OH is 2. The molecular weight excluding hydrogens is 413 g/mol. The summed E-state index contributed by atoms with van der Waals surface area (Å²) in [5.74, 6) is -0.369. The number of nitrogens with two attached hydrogens (primary N) is 1. The fourth-order valence-corrected chi connectivity index (χ4v) is 4.04. The second kappa shape index (κ2) is 7.01. The standard InChI is InChI=1S/C16H19F3N6O5/c17-16(18,19)15(29)10(27)8(4-26)30-14(15)25-6-23-9-12(21-5-22-13(9)25)24-3-1-2-7(24)11(20)28/h5-8,10,14,26-27,29H,1-4H2,(H2,20,28)/t7?,8-,10-,14-,15-/m1/s1. The summed E-state index contributed by atoms with van der Waals surface area (Å²) in [5, 5.41) is 29.7. The molecule has 1 amide bonds. The maximum absolute atomic E-state index is 13.7. The Morgan fingerprint density at radius 3 is 2.73 bits per heavy atom. The van der Waals surface area contributed by atoms with Crippen LogP contribution in [0, 0.1) is 0 Å². The van der Waals surface area contributed by atoms with Gasteiger partial charge in [0.05, 0.1) is 12.9 Å². The lowest BCUT2D eigenvalue weighted by atomic mass is 9.93. The quantitative estimate of drug-likeness (QED) is 0.466. The van der Waals surface area contributed by atoms with Crippen molar-refractivity contribution in [3.05, 3.63) is 12.7 Å². The van der Waals surface area contributed by atoms with Crippen LogP contribution in [0.15, 0.2) is 12.7 Å². The topological polar surface area (TPSA) is 160 Å². The Morgan fingerprint density at radius 1 is 1.37 bits per heavy atom. The van der Waals surface area contributed by atoms with Crippen LogP contribution < -0.4 is 10.6 Å². The van der Waals surface area contributed by atoms with E-state index in [0.29, 0.717) is 19.4 Å². The van der Waals surface area contributed by atoms with Gasteiger partial charge in [0.25, 0.3) is 0 Å². The minimum Gasteiger partial charge on any atom is -0.394 e. The molecule has 2 saturated heterocycles. The number of nitrogens with zero attached hydrogens (tertiary/aromatic N) is 5. The number of primary amides is 1. The first kappa shape index (κ1) is 20.7. The van der Waals surface area contributed by atoms with Gasteiger partial charge in [0.2, 0.25) is 11.5 Å². The van der Waals surface area contributed by atoms with Crippen LogP contribution in [0.3, 0.4) is 0 Å². The summed E-state index contributed by atoms with van der Waals surface area (Å²) >= 11 is 0. The number of carbonyl (C=O) groups excluding carboxylic acids is 1. The van der Waals surface area contributed by atoms with E-state index >= 15 is 0 Å². The van der Waals surface area contributed by atoms with Gasteiger partial charge in [-0.05, 0) is 12.8 Å². The predicted molar refractivity (Wildman–Crippen MR) is 92.9 cm³/mol. The predicted octanol–water partition coefficient (Wildman–Crippen LogP) is -1.18. The smallest absolute Gasteiger partial charge is 0.394 e. The van der Waals surface area contributed by atoms with Gasteiger partial charge in [0.15, 0.2) is 23.2 Å². The summed E-state index contributed by atoms with van der Waals surface area (Å²) < 4.78 is 47.1. The molecule has 30 heavy (non-hydrogen) atoms. The normalized spacial score (nSPS) is 32.3. The van der Waals surface area contributed by atoms with Crippen LogP contribution in [0.2, 0.25) is 0 Å². The summed E-state index contributed by atoms with van der Waals surface area (Å²) in [4.78, 5) is 25.4. The SMILES string of the molecule is NC(=O)C1CCCN1c1ncnc2c1ncn2[C@@H]1O[C@H](CO)[C@@H](O)[C@]1(O)C(F)(F)F. The van der Waals surface area contributed by atoms with Crippen molar-refractivity contribution < 1.29 is 38.0 Å². The fraction of sp³-hybridized carbons (Fsp3) is 0.625. The molecule has 0 saturated carbocycles. The molecule has 0 bridgehead atoms.